The van der Waals surface area contributed by atoms with Gasteiger partial charge in [0.15, 0.2) is 0 Å². The van der Waals surface area contributed by atoms with Crippen molar-refractivity contribution in [1.29, 1.82) is 0 Å². The van der Waals surface area contributed by atoms with Crippen LogP contribution in [0.3, 0.4) is 0 Å². The number of thioether (sulfide) groups is 1. The lowest BCUT2D eigenvalue weighted by Crippen LogP contribution is -2.42. The maximum Gasteiger partial charge on any atom is 0.273 e. The van der Waals surface area contributed by atoms with Crippen molar-refractivity contribution in [3.63, 3.8) is 0 Å². The van der Waals surface area contributed by atoms with Gasteiger partial charge in [0.05, 0.1) is 23.2 Å². The molecular formula is C14H15FN4O2S. The van der Waals surface area contributed by atoms with Crippen LogP contribution in [0.15, 0.2) is 30.5 Å². The van der Waals surface area contributed by atoms with Gasteiger partial charge in [-0.1, -0.05) is 12.1 Å². The molecule has 0 saturated heterocycles. The number of carbonyl (C=O) groups excluding carboxylic acids is 2. The largest absolute Gasteiger partial charge is 0.273 e. The van der Waals surface area contributed by atoms with E-state index in [0.29, 0.717) is 5.69 Å². The summed E-state index contributed by atoms with van der Waals surface area (Å²) in [4.78, 5) is 23.3. The van der Waals surface area contributed by atoms with Crippen LogP contribution < -0.4 is 10.9 Å². The Bertz CT molecular complexity index is 702. The van der Waals surface area contributed by atoms with Crippen LogP contribution in [0, 0.1) is 12.7 Å². The van der Waals surface area contributed by atoms with Gasteiger partial charge in [0.2, 0.25) is 5.91 Å². The number of nitrogens with one attached hydrogen (secondary N) is 2. The Kier molecular flexibility index (Phi) is 5.16. The summed E-state index contributed by atoms with van der Waals surface area (Å²) in [5, 5.41) is 4.03. The van der Waals surface area contributed by atoms with Gasteiger partial charge in [-0.2, -0.15) is 16.9 Å². The van der Waals surface area contributed by atoms with Gasteiger partial charge in [-0.3, -0.25) is 20.4 Å². The molecule has 1 aromatic carbocycles. The fourth-order valence-corrected chi connectivity index (χ4v) is 2.19. The van der Waals surface area contributed by atoms with Gasteiger partial charge < -0.3 is 0 Å². The molecule has 8 heteroatoms. The summed E-state index contributed by atoms with van der Waals surface area (Å²) < 4.78 is 15.1. The smallest absolute Gasteiger partial charge is 0.272 e. The van der Waals surface area contributed by atoms with E-state index < -0.39 is 11.7 Å². The van der Waals surface area contributed by atoms with Crippen LogP contribution in [0.2, 0.25) is 0 Å². The van der Waals surface area contributed by atoms with E-state index in [4.69, 9.17) is 0 Å². The number of hydrogen-bond donors (Lipinski definition) is 2. The zero-order valence-electron chi connectivity index (χ0n) is 12.1. The average Bonchev–Trinajstić information content (AvgIpc) is 2.87. The Morgan fingerprint density at radius 2 is 2.05 bits per heavy atom. The topological polar surface area (TPSA) is 76.0 Å². The molecule has 1 heterocycles. The van der Waals surface area contributed by atoms with Gasteiger partial charge in [0, 0.05) is 0 Å². The maximum absolute atomic E-state index is 13.8. The molecule has 0 saturated carbocycles. The molecule has 0 aliphatic carbocycles. The van der Waals surface area contributed by atoms with E-state index in [1.165, 1.54) is 28.7 Å². The van der Waals surface area contributed by atoms with Crippen molar-refractivity contribution in [2.45, 2.75) is 6.92 Å². The van der Waals surface area contributed by atoms with E-state index in [1.807, 2.05) is 0 Å². The summed E-state index contributed by atoms with van der Waals surface area (Å²) in [5.74, 6) is -1.00. The van der Waals surface area contributed by atoms with Crippen molar-refractivity contribution in [2.24, 2.45) is 0 Å². The summed E-state index contributed by atoms with van der Waals surface area (Å²) in [6.45, 7) is 1.65. The van der Waals surface area contributed by atoms with Crippen LogP contribution in [-0.4, -0.2) is 33.6 Å². The molecule has 0 radical (unpaired) electrons. The van der Waals surface area contributed by atoms with Crippen LogP contribution in [0.5, 0.6) is 0 Å². The third-order valence-corrected chi connectivity index (χ3v) is 3.48. The first-order valence-electron chi connectivity index (χ1n) is 6.42. The molecule has 0 fully saturated rings. The van der Waals surface area contributed by atoms with Crippen molar-refractivity contribution < 1.29 is 14.0 Å². The standard InChI is InChI=1S/C14H15FN4O2S/c1-9-10(14(21)18-17-13(20)8-22-2)7-16-19(9)12-6-4-3-5-11(12)15/h3-7H,8H2,1-2H3,(H,17,20)(H,18,21). The number of para-hydroxylation sites is 1. The first-order chi connectivity index (χ1) is 10.5. The highest BCUT2D eigenvalue weighted by atomic mass is 32.2. The second kappa shape index (κ2) is 7.08. The Morgan fingerprint density at radius 1 is 1.32 bits per heavy atom. The van der Waals surface area contributed by atoms with E-state index in [0.717, 1.165) is 0 Å². The molecular weight excluding hydrogens is 307 g/mol. The number of aromatic nitrogens is 2. The van der Waals surface area contributed by atoms with Crippen molar-refractivity contribution >= 4 is 23.6 Å². The second-order valence-electron chi connectivity index (χ2n) is 4.44. The number of amides is 2. The lowest BCUT2D eigenvalue weighted by atomic mass is 10.2. The second-order valence-corrected chi connectivity index (χ2v) is 5.31. The minimum atomic E-state index is -0.505. The van der Waals surface area contributed by atoms with Gasteiger partial charge in [0.1, 0.15) is 11.5 Å². The molecule has 0 aliphatic heterocycles. The number of rotatable bonds is 4. The van der Waals surface area contributed by atoms with Crippen LogP contribution in [0.1, 0.15) is 16.1 Å². The number of halogens is 1. The molecule has 0 bridgehead atoms. The zero-order valence-corrected chi connectivity index (χ0v) is 12.9. The first-order valence-corrected chi connectivity index (χ1v) is 7.81. The molecule has 22 heavy (non-hydrogen) atoms. The van der Waals surface area contributed by atoms with Crippen molar-refractivity contribution in [3.8, 4) is 5.69 Å². The van der Waals surface area contributed by atoms with Crippen LogP contribution in [0.25, 0.3) is 5.69 Å². The van der Waals surface area contributed by atoms with E-state index >= 15 is 0 Å². The van der Waals surface area contributed by atoms with Gasteiger partial charge in [-0.15, -0.1) is 0 Å². The third kappa shape index (κ3) is 3.45. The zero-order chi connectivity index (χ0) is 16.1. The molecule has 6 nitrogen and oxygen atoms in total. The SMILES string of the molecule is CSCC(=O)NNC(=O)c1cnn(-c2ccccc2F)c1C. The molecule has 2 amide bonds. The van der Waals surface area contributed by atoms with E-state index in [-0.39, 0.29) is 22.9 Å². The monoisotopic (exact) mass is 322 g/mol. The minimum absolute atomic E-state index is 0.244. The van der Waals surface area contributed by atoms with Gasteiger partial charge in [0.25, 0.3) is 5.91 Å². The highest BCUT2D eigenvalue weighted by Gasteiger charge is 2.17. The predicted molar refractivity (Wildman–Crippen MR) is 82.2 cm³/mol. The molecule has 2 rings (SSSR count). The third-order valence-electron chi connectivity index (χ3n) is 2.93. The quantitative estimate of drug-likeness (QED) is 0.835. The van der Waals surface area contributed by atoms with Crippen molar-refractivity contribution in [1.82, 2.24) is 20.6 Å². The molecule has 0 unspecified atom stereocenters. The number of hydrazine groups is 1. The molecule has 2 aromatic rings. The molecule has 0 aliphatic rings. The van der Waals surface area contributed by atoms with E-state index in [1.54, 1.807) is 31.4 Å². The Labute approximate surface area is 131 Å². The van der Waals surface area contributed by atoms with Crippen LogP contribution in [-0.2, 0) is 4.79 Å². The van der Waals surface area contributed by atoms with Crippen molar-refractivity contribution in [2.75, 3.05) is 12.0 Å². The van der Waals surface area contributed by atoms with Crippen LogP contribution >= 0.6 is 11.8 Å². The highest BCUT2D eigenvalue weighted by Crippen LogP contribution is 2.16. The highest BCUT2D eigenvalue weighted by molar-refractivity contribution is 7.99. The maximum atomic E-state index is 13.8. The Balaban J connectivity index is 2.16. The summed E-state index contributed by atoms with van der Waals surface area (Å²) in [6.07, 6.45) is 3.11. The van der Waals surface area contributed by atoms with E-state index in [9.17, 15) is 14.0 Å². The summed E-state index contributed by atoms with van der Waals surface area (Å²) in [5.41, 5.74) is 5.59. The lowest BCUT2D eigenvalue weighted by molar-refractivity contribution is -0.119. The number of nitrogens with zero attached hydrogens (tertiary/aromatic N) is 2. The van der Waals surface area contributed by atoms with Crippen LogP contribution in [0.4, 0.5) is 4.39 Å². The normalized spacial score (nSPS) is 10.3. The van der Waals surface area contributed by atoms with E-state index in [2.05, 4.69) is 16.0 Å². The average molecular weight is 322 g/mol. The lowest BCUT2D eigenvalue weighted by Gasteiger charge is -2.08. The minimum Gasteiger partial charge on any atom is -0.272 e. The summed E-state index contributed by atoms with van der Waals surface area (Å²) in [7, 11) is 0. The number of carbonyl (C=O) groups is 2. The molecule has 2 N–H and O–H groups in total. The molecule has 1 aromatic heterocycles. The fraction of sp³-hybridized carbons (Fsp3) is 0.214. The van der Waals surface area contributed by atoms with Crippen molar-refractivity contribution in [3.05, 3.63) is 47.5 Å². The van der Waals surface area contributed by atoms with Gasteiger partial charge in [-0.05, 0) is 25.3 Å². The van der Waals surface area contributed by atoms with Gasteiger partial charge >= 0.3 is 0 Å². The molecule has 116 valence electrons. The molecule has 0 atom stereocenters. The molecule has 0 spiro atoms. The Hall–Kier alpha value is -2.35. The Morgan fingerprint density at radius 3 is 2.73 bits per heavy atom. The first kappa shape index (κ1) is 16.0. The summed E-state index contributed by atoms with van der Waals surface area (Å²) in [6, 6.07) is 6.14. The summed E-state index contributed by atoms with van der Waals surface area (Å²) >= 11 is 1.34. The van der Waals surface area contributed by atoms with Gasteiger partial charge in [-0.25, -0.2) is 9.07 Å². The predicted octanol–water partition coefficient (Wildman–Crippen LogP) is 1.44. The number of hydrogen-bond acceptors (Lipinski definition) is 4. The fourth-order valence-electron chi connectivity index (χ4n) is 1.86. The number of benzene rings is 1.